The molecule has 0 aliphatic carbocycles. The summed E-state index contributed by atoms with van der Waals surface area (Å²) in [6.45, 7) is 2.66. The van der Waals surface area contributed by atoms with Crippen molar-refractivity contribution in [3.8, 4) is 0 Å². The fourth-order valence-electron chi connectivity index (χ4n) is 3.85. The van der Waals surface area contributed by atoms with E-state index < -0.39 is 0 Å². The number of carbonyl (C=O) groups excluding carboxylic acids is 1. The maximum absolute atomic E-state index is 13.1. The van der Waals surface area contributed by atoms with Crippen LogP contribution >= 0.6 is 0 Å². The number of aryl methyl sites for hydroxylation is 3. The van der Waals surface area contributed by atoms with Gasteiger partial charge in [0.25, 0.3) is 11.5 Å². The molecule has 1 amide bonds. The molecule has 5 rings (SSSR count). The summed E-state index contributed by atoms with van der Waals surface area (Å²) in [5.74, 6) is 1.38. The number of aromatic amines is 1. The third-order valence-electron chi connectivity index (χ3n) is 5.39. The molecule has 30 heavy (non-hydrogen) atoms. The maximum Gasteiger partial charge on any atom is 0.272 e. The Labute approximate surface area is 172 Å². The van der Waals surface area contributed by atoms with Crippen molar-refractivity contribution in [3.05, 3.63) is 87.1 Å². The largest absolute Gasteiger partial charge is 0.445 e. The molecule has 1 aliphatic rings. The molecule has 0 bridgehead atoms. The smallest absolute Gasteiger partial charge is 0.272 e. The first-order chi connectivity index (χ1) is 14.6. The van der Waals surface area contributed by atoms with Crippen LogP contribution in [-0.2, 0) is 25.8 Å². The lowest BCUT2D eigenvalue weighted by Crippen LogP contribution is -2.36. The Morgan fingerprint density at radius 2 is 2.03 bits per heavy atom. The van der Waals surface area contributed by atoms with Gasteiger partial charge in [-0.2, -0.15) is 0 Å². The van der Waals surface area contributed by atoms with Gasteiger partial charge in [-0.05, 0) is 18.9 Å². The van der Waals surface area contributed by atoms with Gasteiger partial charge in [0.1, 0.15) is 17.0 Å². The first kappa shape index (κ1) is 18.4. The second-order valence-corrected chi connectivity index (χ2v) is 7.52. The van der Waals surface area contributed by atoms with E-state index in [-0.39, 0.29) is 11.5 Å². The van der Waals surface area contributed by atoms with Gasteiger partial charge in [0.05, 0.1) is 6.54 Å². The van der Waals surface area contributed by atoms with Crippen molar-refractivity contribution in [3.63, 3.8) is 0 Å². The van der Waals surface area contributed by atoms with E-state index in [9.17, 15) is 9.59 Å². The van der Waals surface area contributed by atoms with Crippen molar-refractivity contribution < 1.29 is 9.21 Å². The van der Waals surface area contributed by atoms with E-state index in [4.69, 9.17) is 4.42 Å². The number of nitrogens with one attached hydrogen (secondary N) is 1. The van der Waals surface area contributed by atoms with Crippen molar-refractivity contribution >= 4 is 11.6 Å². The zero-order valence-electron chi connectivity index (χ0n) is 16.6. The van der Waals surface area contributed by atoms with Crippen molar-refractivity contribution in [2.75, 3.05) is 6.54 Å². The predicted octanol–water partition coefficient (Wildman–Crippen LogP) is 2.30. The number of fused-ring (bicyclic) bond motifs is 2. The molecule has 1 N–H and O–H groups in total. The highest BCUT2D eigenvalue weighted by atomic mass is 16.4. The Morgan fingerprint density at radius 1 is 1.20 bits per heavy atom. The monoisotopic (exact) mass is 403 g/mol. The van der Waals surface area contributed by atoms with Gasteiger partial charge in [-0.15, -0.1) is 0 Å². The van der Waals surface area contributed by atoms with E-state index in [1.54, 1.807) is 11.8 Å². The molecule has 4 heterocycles. The highest BCUT2D eigenvalue weighted by Gasteiger charge is 2.28. The molecule has 0 saturated heterocycles. The summed E-state index contributed by atoms with van der Waals surface area (Å²) < 4.78 is 7.22. The molecule has 4 aromatic rings. The Kier molecular flexibility index (Phi) is 4.46. The minimum Gasteiger partial charge on any atom is -0.445 e. The Morgan fingerprint density at radius 3 is 2.87 bits per heavy atom. The SMILES string of the molecule is Cc1cc(=O)n2[nH]cc(C(=O)N3CCc4oc(CCc5ccccc5)nc4C3)c2n1. The molecule has 0 unspecified atom stereocenters. The van der Waals surface area contributed by atoms with Gasteiger partial charge in [0.15, 0.2) is 11.5 Å². The lowest BCUT2D eigenvalue weighted by molar-refractivity contribution is 0.0729. The van der Waals surface area contributed by atoms with Crippen molar-refractivity contribution in [2.45, 2.75) is 32.7 Å². The fraction of sp³-hybridized carbons (Fsp3) is 0.273. The number of hydrogen-bond donors (Lipinski definition) is 1. The van der Waals surface area contributed by atoms with Gasteiger partial charge in [0.2, 0.25) is 0 Å². The van der Waals surface area contributed by atoms with Gasteiger partial charge in [0, 0.05) is 37.3 Å². The normalized spacial score (nSPS) is 13.6. The molecule has 0 spiro atoms. The molecule has 8 heteroatoms. The molecule has 8 nitrogen and oxygen atoms in total. The molecule has 0 fully saturated rings. The van der Waals surface area contributed by atoms with Crippen molar-refractivity contribution in [1.29, 1.82) is 0 Å². The Balaban J connectivity index is 1.34. The standard InChI is InChI=1S/C22H21N5O3/c1-14-11-20(28)27-21(24-14)16(12-23-27)22(29)26-10-9-18-17(13-26)25-19(30-18)8-7-15-5-3-2-4-6-15/h2-6,11-12,23H,7-10,13H2,1H3. The molecule has 0 atom stereocenters. The second kappa shape index (κ2) is 7.29. The van der Waals surface area contributed by atoms with Crippen LogP contribution in [-0.4, -0.2) is 36.9 Å². The van der Waals surface area contributed by atoms with Crippen LogP contribution < -0.4 is 5.56 Å². The van der Waals surface area contributed by atoms with E-state index in [1.165, 1.54) is 22.3 Å². The number of nitrogens with zero attached hydrogens (tertiary/aromatic N) is 4. The average molecular weight is 403 g/mol. The van der Waals surface area contributed by atoms with Gasteiger partial charge in [-0.3, -0.25) is 14.7 Å². The van der Waals surface area contributed by atoms with Gasteiger partial charge < -0.3 is 9.32 Å². The summed E-state index contributed by atoms with van der Waals surface area (Å²) in [5.41, 5.74) is 3.11. The van der Waals surface area contributed by atoms with Crippen LogP contribution in [0.25, 0.3) is 5.65 Å². The summed E-state index contributed by atoms with van der Waals surface area (Å²) in [7, 11) is 0. The minimum absolute atomic E-state index is 0.175. The molecule has 1 aromatic carbocycles. The minimum atomic E-state index is -0.239. The molecule has 0 radical (unpaired) electrons. The highest BCUT2D eigenvalue weighted by Crippen LogP contribution is 2.23. The van der Waals surface area contributed by atoms with E-state index in [2.05, 4.69) is 27.2 Å². The number of aromatic nitrogens is 4. The lowest BCUT2D eigenvalue weighted by Gasteiger charge is -2.24. The Hall–Kier alpha value is -3.68. The first-order valence-electron chi connectivity index (χ1n) is 9.97. The Bertz CT molecular complexity index is 1290. The molecule has 0 saturated carbocycles. The van der Waals surface area contributed by atoms with Gasteiger partial charge >= 0.3 is 0 Å². The zero-order valence-corrected chi connectivity index (χ0v) is 16.6. The quantitative estimate of drug-likeness (QED) is 0.564. The summed E-state index contributed by atoms with van der Waals surface area (Å²) in [6.07, 6.45) is 3.74. The summed E-state index contributed by atoms with van der Waals surface area (Å²) >= 11 is 0. The summed E-state index contributed by atoms with van der Waals surface area (Å²) in [5, 5.41) is 2.82. The van der Waals surface area contributed by atoms with Crippen molar-refractivity contribution in [1.82, 2.24) is 24.5 Å². The third kappa shape index (κ3) is 3.30. The number of rotatable bonds is 4. The van der Waals surface area contributed by atoms with Gasteiger partial charge in [-0.1, -0.05) is 30.3 Å². The number of hydrogen-bond acceptors (Lipinski definition) is 5. The number of benzene rings is 1. The zero-order chi connectivity index (χ0) is 20.7. The van der Waals surface area contributed by atoms with Crippen LogP contribution in [0.1, 0.15) is 39.0 Å². The molecule has 3 aromatic heterocycles. The topological polar surface area (TPSA) is 96.5 Å². The number of carbonyl (C=O) groups is 1. The number of H-pyrrole nitrogens is 1. The summed E-state index contributed by atoms with van der Waals surface area (Å²) in [4.78, 5) is 35.9. The predicted molar refractivity (Wildman–Crippen MR) is 109 cm³/mol. The van der Waals surface area contributed by atoms with E-state index in [0.717, 1.165) is 24.3 Å². The van der Waals surface area contributed by atoms with E-state index in [0.29, 0.717) is 42.3 Å². The van der Waals surface area contributed by atoms with Crippen LogP contribution in [0.5, 0.6) is 0 Å². The third-order valence-corrected chi connectivity index (χ3v) is 5.39. The second-order valence-electron chi connectivity index (χ2n) is 7.52. The van der Waals surface area contributed by atoms with Crippen LogP contribution in [0.15, 0.2) is 51.8 Å². The molecule has 152 valence electrons. The van der Waals surface area contributed by atoms with Gasteiger partial charge in [-0.25, -0.2) is 14.5 Å². The van der Waals surface area contributed by atoms with E-state index >= 15 is 0 Å². The van der Waals surface area contributed by atoms with Crippen LogP contribution in [0, 0.1) is 6.92 Å². The summed E-state index contributed by atoms with van der Waals surface area (Å²) in [6, 6.07) is 11.7. The molecular formula is C22H21N5O3. The highest BCUT2D eigenvalue weighted by molar-refractivity contribution is 5.99. The van der Waals surface area contributed by atoms with E-state index in [1.807, 2.05) is 18.2 Å². The molecule has 1 aliphatic heterocycles. The van der Waals surface area contributed by atoms with Crippen LogP contribution in [0.3, 0.4) is 0 Å². The maximum atomic E-state index is 13.1. The van der Waals surface area contributed by atoms with Crippen LogP contribution in [0.2, 0.25) is 0 Å². The first-order valence-corrected chi connectivity index (χ1v) is 9.97. The number of oxazole rings is 1. The number of amides is 1. The van der Waals surface area contributed by atoms with Crippen LogP contribution in [0.4, 0.5) is 0 Å². The molecular weight excluding hydrogens is 382 g/mol. The van der Waals surface area contributed by atoms with Crippen molar-refractivity contribution in [2.24, 2.45) is 0 Å². The average Bonchev–Trinajstić information content (AvgIpc) is 3.36. The fourth-order valence-corrected chi connectivity index (χ4v) is 3.85. The lowest BCUT2D eigenvalue weighted by atomic mass is 10.1.